The molecule has 0 radical (unpaired) electrons. The third kappa shape index (κ3) is 3.95. The van der Waals surface area contributed by atoms with E-state index in [-0.39, 0.29) is 5.91 Å². The Kier molecular flexibility index (Phi) is 4.53. The van der Waals surface area contributed by atoms with Gasteiger partial charge >= 0.3 is 0 Å². The molecule has 0 aliphatic carbocycles. The van der Waals surface area contributed by atoms with Crippen molar-refractivity contribution in [2.24, 2.45) is 0 Å². The predicted octanol–water partition coefficient (Wildman–Crippen LogP) is 0.0139. The molecule has 3 N–H and O–H groups in total. The molecule has 0 spiro atoms. The molecule has 0 atom stereocenters. The van der Waals surface area contributed by atoms with Crippen molar-refractivity contribution in [1.29, 1.82) is 0 Å². The lowest BCUT2D eigenvalue weighted by Crippen LogP contribution is -2.52. The van der Waals surface area contributed by atoms with Crippen LogP contribution in [0.2, 0.25) is 0 Å². The second-order valence-electron chi connectivity index (χ2n) is 6.17. The van der Waals surface area contributed by atoms with Crippen LogP contribution >= 0.6 is 0 Å². The van der Waals surface area contributed by atoms with Gasteiger partial charge in [0, 0.05) is 45.5 Å². The Morgan fingerprint density at radius 2 is 2.00 bits per heavy atom. The van der Waals surface area contributed by atoms with Crippen LogP contribution in [0.4, 0.5) is 5.69 Å². The van der Waals surface area contributed by atoms with E-state index in [9.17, 15) is 9.90 Å². The van der Waals surface area contributed by atoms with Gasteiger partial charge in [-0.1, -0.05) is 0 Å². The molecule has 7 heteroatoms. The maximum Gasteiger partial charge on any atom is 0.276 e. The summed E-state index contributed by atoms with van der Waals surface area (Å²) in [5, 5.41) is 14.1. The molecule has 1 fully saturated rings. The van der Waals surface area contributed by atoms with Gasteiger partial charge in [-0.2, -0.15) is 5.10 Å². The zero-order valence-corrected chi connectivity index (χ0v) is 13.0. The van der Waals surface area contributed by atoms with E-state index in [0.717, 1.165) is 13.1 Å². The Morgan fingerprint density at radius 1 is 1.38 bits per heavy atom. The minimum absolute atomic E-state index is 0.109. The molecule has 1 aromatic heterocycles. The average Bonchev–Trinajstić information content (AvgIpc) is 2.78. The zero-order valence-electron chi connectivity index (χ0n) is 13.0. The molecule has 1 aliphatic rings. The molecule has 0 bridgehead atoms. The van der Waals surface area contributed by atoms with Gasteiger partial charge in [-0.05, 0) is 20.8 Å². The van der Waals surface area contributed by atoms with Crippen LogP contribution in [0.5, 0.6) is 0 Å². The van der Waals surface area contributed by atoms with Gasteiger partial charge in [-0.15, -0.1) is 0 Å². The summed E-state index contributed by atoms with van der Waals surface area (Å²) in [7, 11) is 0. The smallest absolute Gasteiger partial charge is 0.276 e. The maximum absolute atomic E-state index is 12.4. The number of nitrogens with two attached hydrogens (primary N) is 1. The minimum atomic E-state index is -0.712. The first-order chi connectivity index (χ1) is 9.80. The van der Waals surface area contributed by atoms with Crippen molar-refractivity contribution < 1.29 is 9.90 Å². The molecule has 1 saturated heterocycles. The number of carbonyl (C=O) groups is 1. The number of hydrogen-bond donors (Lipinski definition) is 2. The summed E-state index contributed by atoms with van der Waals surface area (Å²) in [4.78, 5) is 16.4. The highest BCUT2D eigenvalue weighted by atomic mass is 16.3. The zero-order chi connectivity index (χ0) is 15.6. The number of rotatable bonds is 4. The molecular formula is C14H25N5O2. The molecule has 2 rings (SSSR count). The normalized spacial score (nSPS) is 17.2. The molecule has 118 valence electrons. The molecule has 2 heterocycles. The second-order valence-corrected chi connectivity index (χ2v) is 6.17. The van der Waals surface area contributed by atoms with E-state index in [4.69, 9.17) is 5.73 Å². The van der Waals surface area contributed by atoms with Gasteiger partial charge in [0.25, 0.3) is 5.91 Å². The Labute approximate surface area is 125 Å². The summed E-state index contributed by atoms with van der Waals surface area (Å²) in [6, 6.07) is 0. The number of carbonyl (C=O) groups excluding carboxylic acids is 1. The Hall–Kier alpha value is -1.60. The van der Waals surface area contributed by atoms with Crippen molar-refractivity contribution in [3.8, 4) is 0 Å². The third-order valence-electron chi connectivity index (χ3n) is 3.59. The number of anilines is 1. The van der Waals surface area contributed by atoms with Gasteiger partial charge in [-0.25, -0.2) is 0 Å². The predicted molar refractivity (Wildman–Crippen MR) is 81.0 cm³/mol. The number of piperazine rings is 1. The summed E-state index contributed by atoms with van der Waals surface area (Å²) < 4.78 is 1.67. The first-order valence-electron chi connectivity index (χ1n) is 7.37. The second kappa shape index (κ2) is 6.03. The van der Waals surface area contributed by atoms with Crippen LogP contribution < -0.4 is 5.73 Å². The lowest BCUT2D eigenvalue weighted by molar-refractivity contribution is 0.0177. The van der Waals surface area contributed by atoms with E-state index < -0.39 is 5.60 Å². The number of aromatic nitrogens is 2. The minimum Gasteiger partial charge on any atom is -0.396 e. The number of amides is 1. The van der Waals surface area contributed by atoms with E-state index in [2.05, 4.69) is 10.00 Å². The van der Waals surface area contributed by atoms with Crippen molar-refractivity contribution in [2.45, 2.75) is 32.9 Å². The van der Waals surface area contributed by atoms with Crippen LogP contribution in [0.25, 0.3) is 0 Å². The van der Waals surface area contributed by atoms with Gasteiger partial charge < -0.3 is 15.7 Å². The van der Waals surface area contributed by atoms with Crippen LogP contribution in [0.3, 0.4) is 0 Å². The van der Waals surface area contributed by atoms with Crippen molar-refractivity contribution in [3.05, 3.63) is 11.9 Å². The highest BCUT2D eigenvalue weighted by molar-refractivity contribution is 5.97. The van der Waals surface area contributed by atoms with Crippen LogP contribution in [-0.2, 0) is 6.54 Å². The highest BCUT2D eigenvalue weighted by Crippen LogP contribution is 2.15. The fourth-order valence-electron chi connectivity index (χ4n) is 2.57. The number of aryl methyl sites for hydroxylation is 1. The van der Waals surface area contributed by atoms with Gasteiger partial charge in [0.2, 0.25) is 0 Å². The van der Waals surface area contributed by atoms with Gasteiger partial charge in [0.05, 0.1) is 11.3 Å². The average molecular weight is 295 g/mol. The first kappa shape index (κ1) is 15.8. The third-order valence-corrected chi connectivity index (χ3v) is 3.59. The fraction of sp³-hybridized carbons (Fsp3) is 0.714. The quantitative estimate of drug-likeness (QED) is 0.817. The molecule has 7 nitrogen and oxygen atoms in total. The summed E-state index contributed by atoms with van der Waals surface area (Å²) >= 11 is 0. The van der Waals surface area contributed by atoms with E-state index in [1.54, 1.807) is 29.6 Å². The summed E-state index contributed by atoms with van der Waals surface area (Å²) in [5.74, 6) is -0.109. The summed E-state index contributed by atoms with van der Waals surface area (Å²) in [6.07, 6.45) is 1.69. The standard InChI is InChI=1S/C14H25N5O2/c1-4-19-9-11(15)12(16-19)13(20)18-7-5-17(6-8-18)10-14(2,3)21/h9,21H,4-8,10,15H2,1-3H3. The van der Waals surface area contributed by atoms with Crippen molar-refractivity contribution >= 4 is 11.6 Å². The topological polar surface area (TPSA) is 87.6 Å². The maximum atomic E-state index is 12.4. The number of β-amino-alcohol motifs (C(OH)–C–C–N with tert-alkyl or cyclic N) is 1. The van der Waals surface area contributed by atoms with Crippen LogP contribution in [0.15, 0.2) is 6.20 Å². The summed E-state index contributed by atoms with van der Waals surface area (Å²) in [6.45, 7) is 9.62. The molecule has 1 amide bonds. The molecule has 0 aromatic carbocycles. The van der Waals surface area contributed by atoms with E-state index in [1.807, 2.05) is 6.92 Å². The van der Waals surface area contributed by atoms with Crippen LogP contribution in [0.1, 0.15) is 31.3 Å². The molecule has 0 saturated carbocycles. The van der Waals surface area contributed by atoms with E-state index in [1.165, 1.54) is 0 Å². The number of nitrogen functional groups attached to an aromatic ring is 1. The molecule has 1 aromatic rings. The first-order valence-corrected chi connectivity index (χ1v) is 7.37. The SMILES string of the molecule is CCn1cc(N)c(C(=O)N2CCN(CC(C)(C)O)CC2)n1. The van der Waals surface area contributed by atoms with Crippen molar-refractivity contribution in [2.75, 3.05) is 38.5 Å². The summed E-state index contributed by atoms with van der Waals surface area (Å²) in [5.41, 5.74) is 5.92. The number of hydrogen-bond acceptors (Lipinski definition) is 5. The molecule has 21 heavy (non-hydrogen) atoms. The van der Waals surface area contributed by atoms with Crippen molar-refractivity contribution in [3.63, 3.8) is 0 Å². The van der Waals surface area contributed by atoms with Crippen LogP contribution in [-0.4, -0.2) is 68.9 Å². The highest BCUT2D eigenvalue weighted by Gasteiger charge is 2.27. The lowest BCUT2D eigenvalue weighted by Gasteiger charge is -2.37. The van der Waals surface area contributed by atoms with Crippen LogP contribution in [0, 0.1) is 0 Å². The molecule has 1 aliphatic heterocycles. The van der Waals surface area contributed by atoms with E-state index >= 15 is 0 Å². The Bertz CT molecular complexity index is 498. The van der Waals surface area contributed by atoms with Gasteiger partial charge in [0.15, 0.2) is 5.69 Å². The van der Waals surface area contributed by atoms with Crippen molar-refractivity contribution in [1.82, 2.24) is 19.6 Å². The van der Waals surface area contributed by atoms with E-state index in [0.29, 0.717) is 37.6 Å². The largest absolute Gasteiger partial charge is 0.396 e. The monoisotopic (exact) mass is 295 g/mol. The Morgan fingerprint density at radius 3 is 2.48 bits per heavy atom. The van der Waals surface area contributed by atoms with Gasteiger partial charge in [0.1, 0.15) is 0 Å². The number of nitrogens with zero attached hydrogens (tertiary/aromatic N) is 4. The molecular weight excluding hydrogens is 270 g/mol. The van der Waals surface area contributed by atoms with Gasteiger partial charge in [-0.3, -0.25) is 14.4 Å². The fourth-order valence-corrected chi connectivity index (χ4v) is 2.57. The Balaban J connectivity index is 1.95. The number of aliphatic hydroxyl groups is 1. The lowest BCUT2D eigenvalue weighted by atomic mass is 10.1. The molecule has 0 unspecified atom stereocenters.